The predicted molar refractivity (Wildman–Crippen MR) is 69.8 cm³/mol. The van der Waals surface area contributed by atoms with Crippen molar-refractivity contribution >= 4 is 16.6 Å². The molecule has 2 rings (SSSR count). The van der Waals surface area contributed by atoms with Gasteiger partial charge in [-0.15, -0.1) is 0 Å². The van der Waals surface area contributed by atoms with Crippen LogP contribution in [0.25, 0.3) is 10.9 Å². The molecule has 17 heavy (non-hydrogen) atoms. The molecule has 0 saturated heterocycles. The van der Waals surface area contributed by atoms with Crippen molar-refractivity contribution in [3.05, 3.63) is 36.0 Å². The maximum atomic E-state index is 9.13. The lowest BCUT2D eigenvalue weighted by atomic mass is 10.1. The lowest BCUT2D eigenvalue weighted by Crippen LogP contribution is -2.14. The van der Waals surface area contributed by atoms with Crippen LogP contribution in [0.5, 0.6) is 0 Å². The van der Waals surface area contributed by atoms with Crippen molar-refractivity contribution < 1.29 is 0 Å². The van der Waals surface area contributed by atoms with Gasteiger partial charge < -0.3 is 5.32 Å². The molecule has 0 fully saturated rings. The standard InChI is InChI=1S/C14H15N3/c1-3-10(2)17-14-11(8-15)9-16-13-7-5-4-6-12(13)14/h4-7,9-10H,3H2,1-2H3,(H,16,17). The van der Waals surface area contributed by atoms with E-state index in [0.29, 0.717) is 11.6 Å². The van der Waals surface area contributed by atoms with E-state index in [1.807, 2.05) is 24.3 Å². The highest BCUT2D eigenvalue weighted by molar-refractivity contribution is 5.93. The van der Waals surface area contributed by atoms with Gasteiger partial charge in [-0.2, -0.15) is 5.26 Å². The Balaban J connectivity index is 2.60. The summed E-state index contributed by atoms with van der Waals surface area (Å²) >= 11 is 0. The average molecular weight is 225 g/mol. The summed E-state index contributed by atoms with van der Waals surface area (Å²) in [6.45, 7) is 4.23. The summed E-state index contributed by atoms with van der Waals surface area (Å²) < 4.78 is 0. The van der Waals surface area contributed by atoms with Crippen molar-refractivity contribution in [1.82, 2.24) is 4.98 Å². The first-order chi connectivity index (χ1) is 8.26. The van der Waals surface area contributed by atoms with Crippen LogP contribution in [0.3, 0.4) is 0 Å². The minimum Gasteiger partial charge on any atom is -0.381 e. The summed E-state index contributed by atoms with van der Waals surface area (Å²) in [5, 5.41) is 13.5. The first kappa shape index (κ1) is 11.4. The lowest BCUT2D eigenvalue weighted by Gasteiger charge is -2.16. The highest BCUT2D eigenvalue weighted by Gasteiger charge is 2.09. The van der Waals surface area contributed by atoms with E-state index in [1.165, 1.54) is 0 Å². The van der Waals surface area contributed by atoms with E-state index in [1.54, 1.807) is 6.20 Å². The second-order valence-corrected chi connectivity index (χ2v) is 4.13. The molecule has 3 nitrogen and oxygen atoms in total. The van der Waals surface area contributed by atoms with Gasteiger partial charge in [0, 0.05) is 17.6 Å². The van der Waals surface area contributed by atoms with Crippen molar-refractivity contribution in [2.45, 2.75) is 26.3 Å². The Kier molecular flexibility index (Phi) is 3.24. The van der Waals surface area contributed by atoms with E-state index in [2.05, 4.69) is 30.2 Å². The van der Waals surface area contributed by atoms with Crippen LogP contribution in [0, 0.1) is 11.3 Å². The first-order valence-electron chi connectivity index (χ1n) is 5.80. The Hall–Kier alpha value is -2.08. The Morgan fingerprint density at radius 2 is 2.18 bits per heavy atom. The fourth-order valence-electron chi connectivity index (χ4n) is 1.73. The maximum absolute atomic E-state index is 9.13. The molecule has 86 valence electrons. The molecule has 1 atom stereocenters. The quantitative estimate of drug-likeness (QED) is 0.871. The van der Waals surface area contributed by atoms with Crippen molar-refractivity contribution in [1.29, 1.82) is 5.26 Å². The largest absolute Gasteiger partial charge is 0.381 e. The van der Waals surface area contributed by atoms with Crippen molar-refractivity contribution in [2.75, 3.05) is 5.32 Å². The van der Waals surface area contributed by atoms with E-state index >= 15 is 0 Å². The number of aromatic nitrogens is 1. The summed E-state index contributed by atoms with van der Waals surface area (Å²) in [5.41, 5.74) is 2.41. The molecule has 2 aromatic rings. The third-order valence-corrected chi connectivity index (χ3v) is 2.90. The maximum Gasteiger partial charge on any atom is 0.103 e. The number of nitrogens with zero attached hydrogens (tertiary/aromatic N) is 2. The van der Waals surface area contributed by atoms with E-state index in [4.69, 9.17) is 5.26 Å². The van der Waals surface area contributed by atoms with Gasteiger partial charge in [-0.1, -0.05) is 25.1 Å². The summed E-state index contributed by atoms with van der Waals surface area (Å²) in [7, 11) is 0. The highest BCUT2D eigenvalue weighted by atomic mass is 14.9. The second-order valence-electron chi connectivity index (χ2n) is 4.13. The molecule has 1 unspecified atom stereocenters. The zero-order chi connectivity index (χ0) is 12.3. The van der Waals surface area contributed by atoms with E-state index in [-0.39, 0.29) is 0 Å². The van der Waals surface area contributed by atoms with Crippen LogP contribution in [0.1, 0.15) is 25.8 Å². The summed E-state index contributed by atoms with van der Waals surface area (Å²) in [6.07, 6.45) is 2.65. The van der Waals surface area contributed by atoms with Crippen molar-refractivity contribution in [3.8, 4) is 6.07 Å². The van der Waals surface area contributed by atoms with Gasteiger partial charge >= 0.3 is 0 Å². The second kappa shape index (κ2) is 4.84. The van der Waals surface area contributed by atoms with Gasteiger partial charge in [-0.25, -0.2) is 0 Å². The predicted octanol–water partition coefficient (Wildman–Crippen LogP) is 3.32. The van der Waals surface area contributed by atoms with E-state index in [9.17, 15) is 0 Å². The molecular weight excluding hydrogens is 210 g/mol. The van der Waals surface area contributed by atoms with Gasteiger partial charge in [0.15, 0.2) is 0 Å². The number of rotatable bonds is 3. The molecule has 0 bridgehead atoms. The van der Waals surface area contributed by atoms with Crippen LogP contribution in [-0.4, -0.2) is 11.0 Å². The van der Waals surface area contributed by atoms with Crippen LogP contribution < -0.4 is 5.32 Å². The Bertz CT molecular complexity index is 569. The summed E-state index contributed by atoms with van der Waals surface area (Å²) in [5.74, 6) is 0. The molecule has 0 amide bonds. The topological polar surface area (TPSA) is 48.7 Å². The number of pyridine rings is 1. The van der Waals surface area contributed by atoms with Crippen LogP contribution >= 0.6 is 0 Å². The molecule has 3 heteroatoms. The molecule has 0 aliphatic heterocycles. The smallest absolute Gasteiger partial charge is 0.103 e. The zero-order valence-electron chi connectivity index (χ0n) is 10.1. The SMILES string of the molecule is CCC(C)Nc1c(C#N)cnc2ccccc12. The van der Waals surface area contributed by atoms with Gasteiger partial charge in [-0.3, -0.25) is 4.98 Å². The molecule has 1 heterocycles. The monoisotopic (exact) mass is 225 g/mol. The number of nitrogens with one attached hydrogen (secondary N) is 1. The number of fused-ring (bicyclic) bond motifs is 1. The molecule has 0 aliphatic rings. The summed E-state index contributed by atoms with van der Waals surface area (Å²) in [6, 6.07) is 10.4. The first-order valence-corrected chi connectivity index (χ1v) is 5.80. The van der Waals surface area contributed by atoms with Crippen LogP contribution in [0.15, 0.2) is 30.5 Å². The fraction of sp³-hybridized carbons (Fsp3) is 0.286. The minimum absolute atomic E-state index is 0.341. The Morgan fingerprint density at radius 3 is 2.88 bits per heavy atom. The Morgan fingerprint density at radius 1 is 1.41 bits per heavy atom. The minimum atomic E-state index is 0.341. The van der Waals surface area contributed by atoms with Crippen LogP contribution in [0.2, 0.25) is 0 Å². The molecule has 0 spiro atoms. The summed E-state index contributed by atoms with van der Waals surface area (Å²) in [4.78, 5) is 4.28. The fourth-order valence-corrected chi connectivity index (χ4v) is 1.73. The number of para-hydroxylation sites is 1. The van der Waals surface area contributed by atoms with E-state index in [0.717, 1.165) is 23.0 Å². The van der Waals surface area contributed by atoms with Crippen LogP contribution in [-0.2, 0) is 0 Å². The third-order valence-electron chi connectivity index (χ3n) is 2.90. The number of hydrogen-bond donors (Lipinski definition) is 1. The molecule has 1 aromatic carbocycles. The number of hydrogen-bond acceptors (Lipinski definition) is 3. The van der Waals surface area contributed by atoms with Gasteiger partial charge in [0.25, 0.3) is 0 Å². The number of nitriles is 1. The van der Waals surface area contributed by atoms with Gasteiger partial charge in [-0.05, 0) is 19.4 Å². The van der Waals surface area contributed by atoms with Gasteiger partial charge in [0.05, 0.1) is 16.8 Å². The zero-order valence-corrected chi connectivity index (χ0v) is 10.1. The molecule has 0 radical (unpaired) electrons. The lowest BCUT2D eigenvalue weighted by molar-refractivity contribution is 0.764. The third kappa shape index (κ3) is 2.21. The molecule has 0 saturated carbocycles. The average Bonchev–Trinajstić information content (AvgIpc) is 2.39. The van der Waals surface area contributed by atoms with Crippen LogP contribution in [0.4, 0.5) is 5.69 Å². The van der Waals surface area contributed by atoms with Crippen molar-refractivity contribution in [3.63, 3.8) is 0 Å². The van der Waals surface area contributed by atoms with Gasteiger partial charge in [0.2, 0.25) is 0 Å². The number of benzene rings is 1. The normalized spacial score (nSPS) is 12.1. The van der Waals surface area contributed by atoms with Gasteiger partial charge in [0.1, 0.15) is 6.07 Å². The molecular formula is C14H15N3. The molecule has 1 aromatic heterocycles. The van der Waals surface area contributed by atoms with Crippen molar-refractivity contribution in [2.24, 2.45) is 0 Å². The number of anilines is 1. The highest BCUT2D eigenvalue weighted by Crippen LogP contribution is 2.26. The van der Waals surface area contributed by atoms with E-state index < -0.39 is 0 Å². The molecule has 0 aliphatic carbocycles. The molecule has 1 N–H and O–H groups in total. The Labute approximate surface area is 101 Å².